The van der Waals surface area contributed by atoms with Crippen LogP contribution in [0.3, 0.4) is 0 Å². The number of aliphatic imine (C=N–C) groups is 1. The molecule has 0 spiro atoms. The van der Waals surface area contributed by atoms with Crippen molar-refractivity contribution >= 4 is 34.5 Å². The number of ketones is 2. The molecule has 4 aliphatic rings. The van der Waals surface area contributed by atoms with Gasteiger partial charge in [0.1, 0.15) is 5.70 Å². The smallest absolute Gasteiger partial charge is 0.299 e. The van der Waals surface area contributed by atoms with E-state index >= 15 is 0 Å². The van der Waals surface area contributed by atoms with Crippen LogP contribution in [0.25, 0.3) is 0 Å². The van der Waals surface area contributed by atoms with Crippen molar-refractivity contribution in [1.82, 2.24) is 20.2 Å². The summed E-state index contributed by atoms with van der Waals surface area (Å²) in [6.45, 7) is 0. The van der Waals surface area contributed by atoms with Crippen LogP contribution < -0.4 is 5.43 Å². The van der Waals surface area contributed by atoms with Gasteiger partial charge in [0.15, 0.2) is 10.8 Å². The minimum absolute atomic E-state index is 0.209. The molecule has 0 aromatic heterocycles. The van der Waals surface area contributed by atoms with Crippen LogP contribution in [-0.2, 0) is 11.3 Å². The van der Waals surface area contributed by atoms with Gasteiger partial charge in [0, 0.05) is 30.8 Å². The Morgan fingerprint density at radius 2 is 1.30 bits per heavy atom. The Bertz CT molecular complexity index is 1590. The number of rotatable bonds is 2. The second-order valence-corrected chi connectivity index (χ2v) is 10.3. The zero-order chi connectivity index (χ0) is 25.5. The highest BCUT2D eigenvalue weighted by atomic mass is 32.2. The Morgan fingerprint density at radius 1 is 0.730 bits per heavy atom. The van der Waals surface area contributed by atoms with Gasteiger partial charge in [0.05, 0.1) is 4.91 Å². The van der Waals surface area contributed by atoms with Crippen molar-refractivity contribution in [3.8, 4) is 0 Å². The summed E-state index contributed by atoms with van der Waals surface area (Å²) < 4.78 is 0. The fourth-order valence-corrected chi connectivity index (χ4v) is 6.99. The Labute approximate surface area is 217 Å². The van der Waals surface area contributed by atoms with Gasteiger partial charge in [-0.3, -0.25) is 19.4 Å². The number of benzene rings is 3. The van der Waals surface area contributed by atoms with Crippen molar-refractivity contribution in [2.75, 3.05) is 14.1 Å². The number of nitrogens with zero attached hydrogens (tertiary/aromatic N) is 4. The lowest BCUT2D eigenvalue weighted by atomic mass is 9.80. The van der Waals surface area contributed by atoms with Crippen LogP contribution in [0.15, 0.2) is 101 Å². The summed E-state index contributed by atoms with van der Waals surface area (Å²) in [5.74, 6) is -0.467. The van der Waals surface area contributed by atoms with Crippen molar-refractivity contribution in [3.63, 3.8) is 0 Å². The molecule has 1 N–H and O–H groups in total. The molecule has 1 aliphatic carbocycles. The Balaban J connectivity index is 1.52. The van der Waals surface area contributed by atoms with Gasteiger partial charge in [0.25, 0.3) is 0 Å². The molecule has 3 aromatic rings. The highest BCUT2D eigenvalue weighted by Crippen LogP contribution is 2.57. The molecule has 0 saturated carbocycles. The molecule has 182 valence electrons. The van der Waals surface area contributed by atoms with Gasteiger partial charge in [-0.25, -0.2) is 14.8 Å². The van der Waals surface area contributed by atoms with E-state index < -0.39 is 11.3 Å². The predicted molar refractivity (Wildman–Crippen MR) is 139 cm³/mol. The average Bonchev–Trinajstić information content (AvgIpc) is 3.39. The van der Waals surface area contributed by atoms with Crippen LogP contribution in [-0.4, -0.2) is 51.7 Å². The van der Waals surface area contributed by atoms with Crippen LogP contribution in [0.5, 0.6) is 0 Å². The normalized spacial score (nSPS) is 26.2. The van der Waals surface area contributed by atoms with Gasteiger partial charge in [-0.05, 0) is 17.3 Å². The minimum Gasteiger partial charge on any atom is -0.299 e. The lowest BCUT2D eigenvalue weighted by molar-refractivity contribution is -0.0189. The van der Waals surface area contributed by atoms with Crippen molar-refractivity contribution < 1.29 is 14.4 Å². The molecule has 37 heavy (non-hydrogen) atoms. The van der Waals surface area contributed by atoms with Gasteiger partial charge in [0.2, 0.25) is 17.2 Å². The number of likely N-dealkylation sites (N-methyl/N-ethyl adjacent to an activating group) is 2. The van der Waals surface area contributed by atoms with Crippen LogP contribution >= 0.6 is 11.8 Å². The third kappa shape index (κ3) is 2.52. The third-order valence-corrected chi connectivity index (χ3v) is 8.67. The Kier molecular flexibility index (Phi) is 4.41. The quantitative estimate of drug-likeness (QED) is 0.566. The first-order chi connectivity index (χ1) is 17.9. The highest BCUT2D eigenvalue weighted by molar-refractivity contribution is 8.18. The number of thioether (sulfide) groups is 1. The number of allylic oxidation sites excluding steroid dienone is 2. The second kappa shape index (κ2) is 7.41. The summed E-state index contributed by atoms with van der Waals surface area (Å²) >= 11 is 1.16. The topological polar surface area (TPSA) is 85.3 Å². The molecule has 2 amide bonds. The first-order valence-corrected chi connectivity index (χ1v) is 12.6. The van der Waals surface area contributed by atoms with E-state index in [0.29, 0.717) is 21.2 Å². The number of carbonyl (C=O) groups is 3. The molecule has 3 aliphatic heterocycles. The molecular weight excluding hydrogens is 486 g/mol. The molecular formula is C28H21N5O3S. The lowest BCUT2D eigenvalue weighted by Gasteiger charge is -2.52. The SMILES string of the molecule is CN1C(=O)N(C)[C@]2(c3ccccc3)N=C3SC4=C(C(=O)c5ccccc5C4=O)N3N[C@]12c1ccccc1. The van der Waals surface area contributed by atoms with Crippen molar-refractivity contribution in [2.45, 2.75) is 11.3 Å². The molecule has 9 heteroatoms. The molecule has 0 radical (unpaired) electrons. The maximum absolute atomic E-state index is 13.7. The standard InChI is InChI=1S/C28H21N5O3S/c1-31-26(36)32(2)28(18-13-7-4-8-14-18)27(31,17-11-5-3-6-12-17)29-25-33(30-28)21-22(34)19-15-9-10-16-20(19)23(35)24(21)37-25/h3-16,30H,1-2H3/t27-,28+/m0/s1. The number of hydrogen-bond donors (Lipinski definition) is 1. The maximum Gasteiger partial charge on any atom is 0.323 e. The van der Waals surface area contributed by atoms with E-state index in [0.717, 1.165) is 22.9 Å². The van der Waals surface area contributed by atoms with Gasteiger partial charge in [-0.2, -0.15) is 5.43 Å². The van der Waals surface area contributed by atoms with Crippen molar-refractivity contribution in [3.05, 3.63) is 118 Å². The van der Waals surface area contributed by atoms with E-state index in [1.54, 1.807) is 53.2 Å². The number of nitrogens with one attached hydrogen (secondary N) is 1. The zero-order valence-electron chi connectivity index (χ0n) is 20.0. The maximum atomic E-state index is 13.7. The van der Waals surface area contributed by atoms with Crippen LogP contribution in [0.1, 0.15) is 31.8 Å². The van der Waals surface area contributed by atoms with Crippen LogP contribution in [0.4, 0.5) is 4.79 Å². The zero-order valence-corrected chi connectivity index (χ0v) is 20.8. The number of hydrazine groups is 1. The Morgan fingerprint density at radius 3 is 1.95 bits per heavy atom. The number of carbonyl (C=O) groups excluding carboxylic acids is 3. The molecule has 7 rings (SSSR count). The van der Waals surface area contributed by atoms with E-state index in [1.807, 2.05) is 60.7 Å². The number of urea groups is 1. The van der Waals surface area contributed by atoms with E-state index in [4.69, 9.17) is 4.99 Å². The third-order valence-electron chi connectivity index (χ3n) is 7.63. The molecule has 3 heterocycles. The van der Waals surface area contributed by atoms with E-state index in [-0.39, 0.29) is 23.3 Å². The average molecular weight is 508 g/mol. The number of fused-ring (bicyclic) bond motifs is 4. The largest absolute Gasteiger partial charge is 0.323 e. The summed E-state index contributed by atoms with van der Waals surface area (Å²) in [5.41, 5.74) is 3.66. The number of amides is 2. The monoisotopic (exact) mass is 507 g/mol. The van der Waals surface area contributed by atoms with Gasteiger partial charge >= 0.3 is 6.03 Å². The molecule has 2 atom stereocenters. The Hall–Kier alpha value is -4.21. The minimum atomic E-state index is -1.23. The fraction of sp³-hybridized carbons (Fsp3) is 0.143. The van der Waals surface area contributed by atoms with Gasteiger partial charge in [-0.15, -0.1) is 0 Å². The molecule has 0 unspecified atom stereocenters. The molecule has 1 fully saturated rings. The number of Topliss-reactive ketones (excluding diaryl/α,β-unsaturated/α-hetero) is 2. The molecule has 3 aromatic carbocycles. The molecule has 0 bridgehead atoms. The van der Waals surface area contributed by atoms with Gasteiger partial charge < -0.3 is 0 Å². The van der Waals surface area contributed by atoms with Crippen molar-refractivity contribution in [2.24, 2.45) is 4.99 Å². The first kappa shape index (κ1) is 22.0. The summed E-state index contributed by atoms with van der Waals surface area (Å²) in [6.07, 6.45) is 0. The summed E-state index contributed by atoms with van der Waals surface area (Å²) in [4.78, 5) is 49.8. The lowest BCUT2D eigenvalue weighted by Crippen LogP contribution is -2.70. The summed E-state index contributed by atoms with van der Waals surface area (Å²) in [7, 11) is 3.46. The van der Waals surface area contributed by atoms with Crippen LogP contribution in [0, 0.1) is 0 Å². The van der Waals surface area contributed by atoms with E-state index in [2.05, 4.69) is 5.43 Å². The second-order valence-electron chi connectivity index (χ2n) is 9.34. The summed E-state index contributed by atoms with van der Waals surface area (Å²) in [6, 6.07) is 25.9. The number of amidine groups is 1. The predicted octanol–water partition coefficient (Wildman–Crippen LogP) is 3.90. The van der Waals surface area contributed by atoms with Gasteiger partial charge in [-0.1, -0.05) is 84.9 Å². The van der Waals surface area contributed by atoms with E-state index in [9.17, 15) is 14.4 Å². The number of hydrogen-bond acceptors (Lipinski definition) is 7. The first-order valence-electron chi connectivity index (χ1n) is 11.8. The highest BCUT2D eigenvalue weighted by Gasteiger charge is 2.71. The molecule has 1 saturated heterocycles. The molecule has 8 nitrogen and oxygen atoms in total. The fourth-order valence-electron chi connectivity index (χ4n) is 5.92. The summed E-state index contributed by atoms with van der Waals surface area (Å²) in [5, 5.41) is 2.04. The van der Waals surface area contributed by atoms with Crippen LogP contribution in [0.2, 0.25) is 0 Å². The van der Waals surface area contributed by atoms with E-state index in [1.165, 1.54) is 0 Å². The van der Waals surface area contributed by atoms with Crippen molar-refractivity contribution in [1.29, 1.82) is 0 Å².